The van der Waals surface area contributed by atoms with Crippen molar-refractivity contribution in [2.45, 2.75) is 78.8 Å². The van der Waals surface area contributed by atoms with Gasteiger partial charge in [-0.3, -0.25) is 9.59 Å². The largest absolute Gasteiger partial charge is 0.419 e. The van der Waals surface area contributed by atoms with Crippen molar-refractivity contribution in [3.8, 4) is 11.4 Å². The molecule has 2 aliphatic rings. The molecule has 2 aliphatic heterocycles. The highest BCUT2D eigenvalue weighted by Gasteiger charge is 2.36. The van der Waals surface area contributed by atoms with Crippen LogP contribution in [-0.4, -0.2) is 123 Å². The molecular formula is C44H48F6N14O2. The summed E-state index contributed by atoms with van der Waals surface area (Å²) in [5.41, 5.74) is 2.12. The van der Waals surface area contributed by atoms with Crippen molar-refractivity contribution in [3.63, 3.8) is 0 Å². The second-order valence-electron chi connectivity index (χ2n) is 16.3. The van der Waals surface area contributed by atoms with Crippen molar-refractivity contribution >= 4 is 23.7 Å². The second-order valence-corrected chi connectivity index (χ2v) is 16.3. The molecule has 4 aromatic heterocycles. The van der Waals surface area contributed by atoms with Crippen molar-refractivity contribution < 1.29 is 35.9 Å². The first kappa shape index (κ1) is 47.0. The van der Waals surface area contributed by atoms with Crippen LogP contribution < -0.4 is 9.80 Å². The standard InChI is InChI=1S/2C22H24F3N7O/c2*1-14-4-5-19(32-27-7-8-28-32)17(12-14)20(33)31-11-10-30(9-6-15(31)2)21-26-13-18(16(3)29-21)22(23,24)25/h2*4-5,7-8,12-13,15H,6,9-11H2,1-3H3/t2*15-/m11/s1. The van der Waals surface area contributed by atoms with Crippen LogP contribution in [0.15, 0.2) is 73.6 Å². The fourth-order valence-corrected chi connectivity index (χ4v) is 7.87. The Morgan fingerprint density at radius 2 is 0.909 bits per heavy atom. The van der Waals surface area contributed by atoms with Gasteiger partial charge in [0.2, 0.25) is 11.9 Å². The van der Waals surface area contributed by atoms with E-state index in [0.29, 0.717) is 74.6 Å². The summed E-state index contributed by atoms with van der Waals surface area (Å²) in [4.78, 5) is 53.3. The fourth-order valence-electron chi connectivity index (χ4n) is 7.87. The molecule has 0 spiro atoms. The Hall–Kier alpha value is -7.00. The number of carbonyl (C=O) groups excluding carboxylic acids is 2. The van der Waals surface area contributed by atoms with E-state index in [1.807, 2.05) is 73.9 Å². The molecule has 2 atom stereocenters. The first-order valence-corrected chi connectivity index (χ1v) is 21.2. The Bertz CT molecular complexity index is 2480. The molecule has 0 saturated carbocycles. The summed E-state index contributed by atoms with van der Waals surface area (Å²) in [6, 6.07) is 10.9. The molecule has 348 valence electrons. The van der Waals surface area contributed by atoms with Crippen molar-refractivity contribution in [2.75, 3.05) is 49.1 Å². The van der Waals surface area contributed by atoms with Crippen molar-refractivity contribution in [1.29, 1.82) is 0 Å². The summed E-state index contributed by atoms with van der Waals surface area (Å²) in [5, 5.41) is 16.6. The zero-order chi connectivity index (χ0) is 47.5. The van der Waals surface area contributed by atoms with Crippen molar-refractivity contribution in [1.82, 2.24) is 59.7 Å². The van der Waals surface area contributed by atoms with E-state index in [1.54, 1.807) is 34.6 Å². The molecule has 66 heavy (non-hydrogen) atoms. The highest BCUT2D eigenvalue weighted by molar-refractivity contribution is 5.99. The molecule has 2 fully saturated rings. The first-order chi connectivity index (χ1) is 31.3. The number of hydrogen-bond donors (Lipinski definition) is 0. The molecule has 6 heterocycles. The van der Waals surface area contributed by atoms with E-state index in [2.05, 4.69) is 40.3 Å². The third-order valence-electron chi connectivity index (χ3n) is 11.6. The Kier molecular flexibility index (Phi) is 13.7. The highest BCUT2D eigenvalue weighted by Crippen LogP contribution is 2.33. The van der Waals surface area contributed by atoms with Crippen LogP contribution in [0.4, 0.5) is 38.2 Å². The minimum absolute atomic E-state index is 0.0861. The van der Waals surface area contributed by atoms with Crippen LogP contribution in [0.2, 0.25) is 0 Å². The molecule has 8 rings (SSSR count). The number of anilines is 2. The molecule has 0 aliphatic carbocycles. The van der Waals surface area contributed by atoms with Gasteiger partial charge in [0.15, 0.2) is 0 Å². The van der Waals surface area contributed by atoms with Crippen LogP contribution in [0, 0.1) is 27.7 Å². The molecule has 2 amide bonds. The number of aromatic nitrogens is 10. The zero-order valence-electron chi connectivity index (χ0n) is 37.1. The number of halogens is 6. The van der Waals surface area contributed by atoms with E-state index >= 15 is 0 Å². The van der Waals surface area contributed by atoms with Gasteiger partial charge in [0, 0.05) is 63.7 Å². The number of benzene rings is 2. The summed E-state index contributed by atoms with van der Waals surface area (Å²) in [7, 11) is 0. The van der Waals surface area contributed by atoms with Gasteiger partial charge in [-0.15, -0.1) is 0 Å². The minimum Gasteiger partial charge on any atom is -0.339 e. The number of amides is 2. The number of carbonyl (C=O) groups is 2. The summed E-state index contributed by atoms with van der Waals surface area (Å²) < 4.78 is 78.3. The molecule has 2 aromatic carbocycles. The average molecular weight is 919 g/mol. The van der Waals surface area contributed by atoms with Crippen LogP contribution in [-0.2, 0) is 12.4 Å². The average Bonchev–Trinajstić information content (AvgIpc) is 3.94. The Labute approximate surface area is 376 Å². The van der Waals surface area contributed by atoms with Crippen LogP contribution in [0.25, 0.3) is 11.4 Å². The lowest BCUT2D eigenvalue weighted by Gasteiger charge is -2.27. The van der Waals surface area contributed by atoms with E-state index in [0.717, 1.165) is 23.5 Å². The molecule has 6 aromatic rings. The summed E-state index contributed by atoms with van der Waals surface area (Å²) in [5.74, 6) is 0.174. The van der Waals surface area contributed by atoms with Crippen LogP contribution in [0.1, 0.15) is 81.0 Å². The van der Waals surface area contributed by atoms with E-state index in [1.165, 1.54) is 23.4 Å². The number of hydrogen-bond acceptors (Lipinski definition) is 12. The molecular weight excluding hydrogens is 871 g/mol. The predicted molar refractivity (Wildman–Crippen MR) is 230 cm³/mol. The maximum absolute atomic E-state index is 13.6. The smallest absolute Gasteiger partial charge is 0.339 e. The Morgan fingerprint density at radius 1 is 0.545 bits per heavy atom. The predicted octanol–water partition coefficient (Wildman–Crippen LogP) is 6.87. The van der Waals surface area contributed by atoms with Crippen LogP contribution >= 0.6 is 0 Å². The van der Waals surface area contributed by atoms with Gasteiger partial charge in [-0.25, -0.2) is 19.9 Å². The van der Waals surface area contributed by atoms with Crippen LogP contribution in [0.5, 0.6) is 0 Å². The van der Waals surface area contributed by atoms with Gasteiger partial charge >= 0.3 is 12.4 Å². The summed E-state index contributed by atoms with van der Waals surface area (Å²) >= 11 is 0. The van der Waals surface area contributed by atoms with Crippen LogP contribution in [0.3, 0.4) is 0 Å². The molecule has 0 bridgehead atoms. The van der Waals surface area contributed by atoms with Gasteiger partial charge in [-0.05, 0) is 78.6 Å². The van der Waals surface area contributed by atoms with Gasteiger partial charge in [0.25, 0.3) is 11.8 Å². The third-order valence-corrected chi connectivity index (χ3v) is 11.6. The van der Waals surface area contributed by atoms with Gasteiger partial charge in [0.1, 0.15) is 0 Å². The maximum Gasteiger partial charge on any atom is 0.419 e. The van der Waals surface area contributed by atoms with Gasteiger partial charge in [0.05, 0.1) is 69.8 Å². The van der Waals surface area contributed by atoms with Gasteiger partial charge in [-0.2, -0.15) is 56.3 Å². The zero-order valence-corrected chi connectivity index (χ0v) is 37.1. The topological polar surface area (TPSA) is 160 Å². The SMILES string of the molecule is Cc1ccc(-n2nccn2)c(C(=O)N2CCN(c3ncc(C(F)(F)F)c(C)n3)CC[C@H]2C)c1.Cc1ccc(-n2nccn2)c(C(=O)N2CCN(c3ncc(C(F)(F)F)c(C)n3)CC[C@H]2C)c1. The minimum atomic E-state index is -4.49. The van der Waals surface area contributed by atoms with E-state index in [9.17, 15) is 35.9 Å². The fraction of sp³-hybridized carbons (Fsp3) is 0.409. The number of rotatable bonds is 6. The lowest BCUT2D eigenvalue weighted by molar-refractivity contribution is -0.139. The molecule has 2 saturated heterocycles. The summed E-state index contributed by atoms with van der Waals surface area (Å²) in [6.07, 6.45) is 0.100. The highest BCUT2D eigenvalue weighted by atomic mass is 19.4. The van der Waals surface area contributed by atoms with E-state index in [4.69, 9.17) is 0 Å². The second kappa shape index (κ2) is 19.2. The number of nitrogens with zero attached hydrogens (tertiary/aromatic N) is 14. The quantitative estimate of drug-likeness (QED) is 0.160. The molecule has 22 heteroatoms. The van der Waals surface area contributed by atoms with Gasteiger partial charge in [-0.1, -0.05) is 23.3 Å². The normalized spacial score (nSPS) is 17.2. The number of alkyl halides is 6. The third kappa shape index (κ3) is 10.4. The summed E-state index contributed by atoms with van der Waals surface area (Å²) in [6.45, 7) is 13.0. The molecule has 16 nitrogen and oxygen atoms in total. The van der Waals surface area contributed by atoms with Crippen molar-refractivity contribution in [3.05, 3.63) is 118 Å². The number of aryl methyl sites for hydroxylation is 4. The molecule has 0 radical (unpaired) electrons. The lowest BCUT2D eigenvalue weighted by Crippen LogP contribution is -2.40. The Morgan fingerprint density at radius 3 is 1.24 bits per heavy atom. The monoisotopic (exact) mass is 918 g/mol. The van der Waals surface area contributed by atoms with E-state index < -0.39 is 23.5 Å². The maximum atomic E-state index is 13.6. The van der Waals surface area contributed by atoms with Gasteiger partial charge < -0.3 is 19.6 Å². The lowest BCUT2D eigenvalue weighted by atomic mass is 10.1. The molecule has 0 N–H and O–H groups in total. The van der Waals surface area contributed by atoms with Crippen molar-refractivity contribution in [2.24, 2.45) is 0 Å². The molecule has 0 unspecified atom stereocenters. The Balaban J connectivity index is 0.000000196. The van der Waals surface area contributed by atoms with E-state index in [-0.39, 0.29) is 47.2 Å². The first-order valence-electron chi connectivity index (χ1n) is 21.2.